The van der Waals surface area contributed by atoms with Gasteiger partial charge in [0.15, 0.2) is 0 Å². The third-order valence-corrected chi connectivity index (χ3v) is 5.54. The molecule has 0 spiro atoms. The second-order valence-electron chi connectivity index (χ2n) is 7.41. The molecule has 5 nitrogen and oxygen atoms in total. The van der Waals surface area contributed by atoms with Crippen molar-refractivity contribution in [2.24, 2.45) is 0 Å². The molecule has 0 bridgehead atoms. The van der Waals surface area contributed by atoms with Crippen molar-refractivity contribution in [1.82, 2.24) is 4.90 Å². The molecule has 0 atom stereocenters. The lowest BCUT2D eigenvalue weighted by molar-refractivity contribution is -0.122. The molecule has 0 aliphatic carbocycles. The maximum absolute atomic E-state index is 12.8. The van der Waals surface area contributed by atoms with Gasteiger partial charge in [0.05, 0.1) is 0 Å². The number of hydrogen-bond acceptors (Lipinski definition) is 3. The predicted molar refractivity (Wildman–Crippen MR) is 107 cm³/mol. The standard InChI is InChI=1S/C22H25N3O2/c1-16-3-8-20(17(2)15-16)23-11-13-24(14-12-23)22(27)18-4-6-19(7-5-18)25-10-9-21(25)26/h3-8,15H,9-14H2,1-2H3. The Balaban J connectivity index is 1.39. The van der Waals surface area contributed by atoms with Crippen molar-refractivity contribution in [1.29, 1.82) is 0 Å². The lowest BCUT2D eigenvalue weighted by Gasteiger charge is -2.37. The minimum atomic E-state index is 0.0664. The quantitative estimate of drug-likeness (QED) is 0.788. The zero-order valence-electron chi connectivity index (χ0n) is 15.9. The fourth-order valence-electron chi connectivity index (χ4n) is 3.87. The zero-order valence-corrected chi connectivity index (χ0v) is 15.9. The lowest BCUT2D eigenvalue weighted by atomic mass is 10.1. The summed E-state index contributed by atoms with van der Waals surface area (Å²) in [7, 11) is 0. The first-order valence-electron chi connectivity index (χ1n) is 9.55. The predicted octanol–water partition coefficient (Wildman–Crippen LogP) is 3.00. The van der Waals surface area contributed by atoms with E-state index in [2.05, 4.69) is 36.9 Å². The molecular weight excluding hydrogens is 338 g/mol. The second-order valence-corrected chi connectivity index (χ2v) is 7.41. The van der Waals surface area contributed by atoms with Crippen molar-refractivity contribution in [3.8, 4) is 0 Å². The maximum Gasteiger partial charge on any atom is 0.253 e. The fraction of sp³-hybridized carbons (Fsp3) is 0.364. The highest BCUT2D eigenvalue weighted by Gasteiger charge is 2.26. The first-order chi connectivity index (χ1) is 13.0. The Bertz CT molecular complexity index is 868. The molecule has 0 aromatic heterocycles. The Morgan fingerprint density at radius 1 is 0.889 bits per heavy atom. The number of anilines is 2. The van der Waals surface area contributed by atoms with Crippen LogP contribution in [-0.2, 0) is 4.79 Å². The number of rotatable bonds is 3. The van der Waals surface area contributed by atoms with E-state index < -0.39 is 0 Å². The molecule has 0 N–H and O–H groups in total. The molecule has 2 aliphatic rings. The van der Waals surface area contributed by atoms with Crippen LogP contribution in [0.5, 0.6) is 0 Å². The van der Waals surface area contributed by atoms with Gasteiger partial charge >= 0.3 is 0 Å². The number of aryl methyl sites for hydroxylation is 2. The van der Waals surface area contributed by atoms with Crippen molar-refractivity contribution >= 4 is 23.2 Å². The molecule has 0 unspecified atom stereocenters. The summed E-state index contributed by atoms with van der Waals surface area (Å²) in [6.45, 7) is 8.15. The van der Waals surface area contributed by atoms with Gasteiger partial charge in [-0.25, -0.2) is 0 Å². The fourth-order valence-corrected chi connectivity index (χ4v) is 3.87. The summed E-state index contributed by atoms with van der Waals surface area (Å²) < 4.78 is 0. The Hall–Kier alpha value is -2.82. The minimum Gasteiger partial charge on any atom is -0.368 e. The molecule has 2 aliphatic heterocycles. The SMILES string of the molecule is Cc1ccc(N2CCN(C(=O)c3ccc(N4CCC4=O)cc3)CC2)c(C)c1. The van der Waals surface area contributed by atoms with Crippen LogP contribution in [0.4, 0.5) is 11.4 Å². The van der Waals surface area contributed by atoms with Gasteiger partial charge in [-0.1, -0.05) is 17.7 Å². The molecule has 27 heavy (non-hydrogen) atoms. The average molecular weight is 363 g/mol. The van der Waals surface area contributed by atoms with Gasteiger partial charge in [-0.15, -0.1) is 0 Å². The van der Waals surface area contributed by atoms with Gasteiger partial charge in [0.1, 0.15) is 0 Å². The molecule has 2 saturated heterocycles. The summed E-state index contributed by atoms with van der Waals surface area (Å²) in [5, 5.41) is 0. The number of benzene rings is 2. The van der Waals surface area contributed by atoms with Gasteiger partial charge in [0.25, 0.3) is 5.91 Å². The monoisotopic (exact) mass is 363 g/mol. The van der Waals surface area contributed by atoms with Gasteiger partial charge in [-0.2, -0.15) is 0 Å². The van der Waals surface area contributed by atoms with E-state index in [-0.39, 0.29) is 11.8 Å². The Morgan fingerprint density at radius 3 is 2.15 bits per heavy atom. The first kappa shape index (κ1) is 17.6. The van der Waals surface area contributed by atoms with Gasteiger partial charge in [0.2, 0.25) is 5.91 Å². The third kappa shape index (κ3) is 3.42. The number of nitrogens with zero attached hydrogens (tertiary/aromatic N) is 3. The van der Waals surface area contributed by atoms with Crippen LogP contribution in [0, 0.1) is 13.8 Å². The van der Waals surface area contributed by atoms with E-state index in [0.717, 1.165) is 38.4 Å². The summed E-state index contributed by atoms with van der Waals surface area (Å²) in [6.07, 6.45) is 0.616. The summed E-state index contributed by atoms with van der Waals surface area (Å²) >= 11 is 0. The van der Waals surface area contributed by atoms with Crippen molar-refractivity contribution < 1.29 is 9.59 Å². The first-order valence-corrected chi connectivity index (χ1v) is 9.55. The number of hydrogen-bond donors (Lipinski definition) is 0. The normalized spacial score (nSPS) is 17.1. The van der Waals surface area contributed by atoms with Gasteiger partial charge < -0.3 is 14.7 Å². The topological polar surface area (TPSA) is 43.9 Å². The van der Waals surface area contributed by atoms with Crippen LogP contribution in [-0.4, -0.2) is 49.4 Å². The lowest BCUT2D eigenvalue weighted by Crippen LogP contribution is -2.49. The Kier molecular flexibility index (Phi) is 4.60. The molecule has 2 heterocycles. The van der Waals surface area contributed by atoms with E-state index in [1.165, 1.54) is 16.8 Å². The van der Waals surface area contributed by atoms with Crippen LogP contribution in [0.1, 0.15) is 27.9 Å². The smallest absolute Gasteiger partial charge is 0.253 e. The molecule has 2 aromatic rings. The van der Waals surface area contributed by atoms with E-state index in [4.69, 9.17) is 0 Å². The summed E-state index contributed by atoms with van der Waals surface area (Å²) in [5.41, 5.74) is 5.38. The van der Waals surface area contributed by atoms with Crippen molar-refractivity contribution in [2.45, 2.75) is 20.3 Å². The zero-order chi connectivity index (χ0) is 19.0. The highest BCUT2D eigenvalue weighted by atomic mass is 16.2. The number of carbonyl (C=O) groups excluding carboxylic acids is 2. The second kappa shape index (κ2) is 7.06. The molecule has 5 heteroatoms. The largest absolute Gasteiger partial charge is 0.368 e. The highest BCUT2D eigenvalue weighted by molar-refractivity contribution is 6.00. The van der Waals surface area contributed by atoms with Gasteiger partial charge in [-0.3, -0.25) is 9.59 Å². The number of piperazine rings is 1. The van der Waals surface area contributed by atoms with E-state index in [1.54, 1.807) is 4.90 Å². The van der Waals surface area contributed by atoms with E-state index in [0.29, 0.717) is 12.0 Å². The van der Waals surface area contributed by atoms with Crippen LogP contribution < -0.4 is 9.80 Å². The van der Waals surface area contributed by atoms with E-state index >= 15 is 0 Å². The molecule has 2 aromatic carbocycles. The summed E-state index contributed by atoms with van der Waals surface area (Å²) in [4.78, 5) is 30.4. The van der Waals surface area contributed by atoms with Crippen molar-refractivity contribution in [3.63, 3.8) is 0 Å². The molecule has 0 radical (unpaired) electrons. The van der Waals surface area contributed by atoms with Crippen molar-refractivity contribution in [3.05, 3.63) is 59.2 Å². The Morgan fingerprint density at radius 2 is 1.59 bits per heavy atom. The molecule has 2 fully saturated rings. The van der Waals surface area contributed by atoms with E-state index in [1.807, 2.05) is 29.2 Å². The molecular formula is C22H25N3O2. The number of carbonyl (C=O) groups is 2. The number of β-lactam (4-membered cyclic amide) rings is 1. The minimum absolute atomic E-state index is 0.0664. The van der Waals surface area contributed by atoms with Crippen LogP contribution >= 0.6 is 0 Å². The summed E-state index contributed by atoms with van der Waals surface area (Å²) in [5.74, 6) is 0.216. The van der Waals surface area contributed by atoms with Crippen LogP contribution in [0.2, 0.25) is 0 Å². The number of amides is 2. The third-order valence-electron chi connectivity index (χ3n) is 5.54. The molecule has 2 amide bonds. The highest BCUT2D eigenvalue weighted by Crippen LogP contribution is 2.24. The van der Waals surface area contributed by atoms with Crippen LogP contribution in [0.15, 0.2) is 42.5 Å². The Labute approximate surface area is 160 Å². The van der Waals surface area contributed by atoms with Crippen molar-refractivity contribution in [2.75, 3.05) is 42.5 Å². The van der Waals surface area contributed by atoms with E-state index in [9.17, 15) is 9.59 Å². The van der Waals surface area contributed by atoms with Gasteiger partial charge in [0, 0.05) is 56.1 Å². The average Bonchev–Trinajstić information content (AvgIpc) is 2.67. The van der Waals surface area contributed by atoms with Crippen LogP contribution in [0.25, 0.3) is 0 Å². The van der Waals surface area contributed by atoms with Gasteiger partial charge in [-0.05, 0) is 49.7 Å². The maximum atomic E-state index is 12.8. The summed E-state index contributed by atoms with van der Waals surface area (Å²) in [6, 6.07) is 13.9. The molecule has 0 saturated carbocycles. The molecule has 4 rings (SSSR count). The molecule has 140 valence electrons. The van der Waals surface area contributed by atoms with Crippen LogP contribution in [0.3, 0.4) is 0 Å².